The number of hydrogen-bond donors (Lipinski definition) is 1. The molecule has 1 aliphatic rings. The molecule has 0 aromatic carbocycles. The van der Waals surface area contributed by atoms with E-state index in [9.17, 15) is 0 Å². The van der Waals surface area contributed by atoms with Crippen LogP contribution in [0.3, 0.4) is 0 Å². The van der Waals surface area contributed by atoms with Gasteiger partial charge >= 0.3 is 0 Å². The first kappa shape index (κ1) is 13.3. The average molecular weight is 247 g/mol. The van der Waals surface area contributed by atoms with Crippen LogP contribution in [0.2, 0.25) is 0 Å². The third-order valence-corrected chi connectivity index (χ3v) is 3.64. The highest BCUT2D eigenvalue weighted by atomic mass is 15.2. The van der Waals surface area contributed by atoms with Crippen LogP contribution in [-0.2, 0) is 0 Å². The zero-order valence-electron chi connectivity index (χ0n) is 11.7. The summed E-state index contributed by atoms with van der Waals surface area (Å²) in [6.45, 7) is 7.82. The summed E-state index contributed by atoms with van der Waals surface area (Å²) in [5.74, 6) is 1.19. The van der Waals surface area contributed by atoms with Crippen LogP contribution in [0.5, 0.6) is 0 Å². The second-order valence-corrected chi connectivity index (χ2v) is 5.14. The number of nitrogens with zero attached hydrogens (tertiary/aromatic N) is 2. The highest BCUT2D eigenvalue weighted by Gasteiger charge is 2.18. The predicted molar refractivity (Wildman–Crippen MR) is 77.0 cm³/mol. The quantitative estimate of drug-likeness (QED) is 0.866. The van der Waals surface area contributed by atoms with Crippen molar-refractivity contribution in [1.82, 2.24) is 10.3 Å². The molecule has 0 aliphatic carbocycles. The molecule has 3 nitrogen and oxygen atoms in total. The molecule has 0 amide bonds. The summed E-state index contributed by atoms with van der Waals surface area (Å²) in [7, 11) is 0. The largest absolute Gasteiger partial charge is 0.356 e. The van der Waals surface area contributed by atoms with Gasteiger partial charge in [0, 0.05) is 30.9 Å². The van der Waals surface area contributed by atoms with Gasteiger partial charge in [0.25, 0.3) is 0 Å². The summed E-state index contributed by atoms with van der Waals surface area (Å²) in [6.07, 6.45) is 7.05. The Bertz CT molecular complexity index is 359. The highest BCUT2D eigenvalue weighted by molar-refractivity contribution is 5.48. The van der Waals surface area contributed by atoms with Gasteiger partial charge in [0.2, 0.25) is 0 Å². The van der Waals surface area contributed by atoms with Crippen molar-refractivity contribution in [2.45, 2.75) is 45.6 Å². The van der Waals surface area contributed by atoms with Crippen LogP contribution in [0.15, 0.2) is 18.3 Å². The fourth-order valence-electron chi connectivity index (χ4n) is 2.59. The Balaban J connectivity index is 2.13. The smallest absolute Gasteiger partial charge is 0.133 e. The van der Waals surface area contributed by atoms with E-state index >= 15 is 0 Å². The van der Waals surface area contributed by atoms with Gasteiger partial charge in [0.1, 0.15) is 5.82 Å². The molecule has 1 atom stereocenters. The Hall–Kier alpha value is -1.09. The molecule has 0 bridgehead atoms. The predicted octanol–water partition coefficient (Wildman–Crippen LogP) is 3.13. The third-order valence-electron chi connectivity index (χ3n) is 3.64. The molecular weight excluding hydrogens is 222 g/mol. The van der Waals surface area contributed by atoms with Crippen molar-refractivity contribution in [2.24, 2.45) is 0 Å². The van der Waals surface area contributed by atoms with Gasteiger partial charge in [-0.1, -0.05) is 13.0 Å². The van der Waals surface area contributed by atoms with E-state index in [1.54, 1.807) is 0 Å². The minimum atomic E-state index is 0.385. The van der Waals surface area contributed by atoms with Crippen molar-refractivity contribution < 1.29 is 0 Å². The van der Waals surface area contributed by atoms with Crippen LogP contribution in [0.4, 0.5) is 5.82 Å². The molecule has 1 aromatic rings. The maximum atomic E-state index is 4.62. The van der Waals surface area contributed by atoms with Crippen molar-refractivity contribution in [3.8, 4) is 0 Å². The monoisotopic (exact) mass is 247 g/mol. The van der Waals surface area contributed by atoms with E-state index < -0.39 is 0 Å². The summed E-state index contributed by atoms with van der Waals surface area (Å²) in [5, 5.41) is 3.56. The van der Waals surface area contributed by atoms with E-state index in [4.69, 9.17) is 0 Å². The Morgan fingerprint density at radius 1 is 1.33 bits per heavy atom. The molecule has 1 saturated heterocycles. The van der Waals surface area contributed by atoms with Gasteiger partial charge < -0.3 is 10.2 Å². The van der Waals surface area contributed by atoms with Crippen molar-refractivity contribution in [2.75, 3.05) is 24.5 Å². The second kappa shape index (κ2) is 6.74. The van der Waals surface area contributed by atoms with E-state index in [1.807, 2.05) is 12.3 Å². The molecule has 0 spiro atoms. The lowest BCUT2D eigenvalue weighted by molar-refractivity contribution is 0.548. The second-order valence-electron chi connectivity index (χ2n) is 5.14. The van der Waals surface area contributed by atoms with Crippen LogP contribution in [-0.4, -0.2) is 24.6 Å². The molecule has 1 aliphatic heterocycles. The van der Waals surface area contributed by atoms with Gasteiger partial charge in [-0.2, -0.15) is 0 Å². The lowest BCUT2D eigenvalue weighted by Gasteiger charge is -2.30. The zero-order valence-corrected chi connectivity index (χ0v) is 11.7. The standard InChI is InChI=1S/C15H25N3/c1-3-9-16-13(2)14-8-7-10-17-15(14)18-11-5-4-6-12-18/h7-8,10,13,16H,3-6,9,11-12H2,1-2H3. The summed E-state index contributed by atoms with van der Waals surface area (Å²) < 4.78 is 0. The van der Waals surface area contributed by atoms with Crippen molar-refractivity contribution in [3.05, 3.63) is 23.9 Å². The Kier molecular flexibility index (Phi) is 5.00. The van der Waals surface area contributed by atoms with Crippen LogP contribution in [0.25, 0.3) is 0 Å². The molecule has 2 heterocycles. The average Bonchev–Trinajstić information content (AvgIpc) is 2.45. The number of hydrogen-bond acceptors (Lipinski definition) is 3. The normalized spacial score (nSPS) is 17.8. The molecule has 1 fully saturated rings. The maximum Gasteiger partial charge on any atom is 0.133 e. The minimum absolute atomic E-state index is 0.385. The van der Waals surface area contributed by atoms with Crippen molar-refractivity contribution in [3.63, 3.8) is 0 Å². The number of pyridine rings is 1. The summed E-state index contributed by atoms with van der Waals surface area (Å²) in [5.41, 5.74) is 1.34. The van der Waals surface area contributed by atoms with E-state index in [2.05, 4.69) is 35.1 Å². The summed E-state index contributed by atoms with van der Waals surface area (Å²) >= 11 is 0. The zero-order chi connectivity index (χ0) is 12.8. The van der Waals surface area contributed by atoms with Gasteiger partial charge in [0.05, 0.1) is 0 Å². The van der Waals surface area contributed by atoms with Crippen LogP contribution < -0.4 is 10.2 Å². The molecule has 0 radical (unpaired) electrons. The fourth-order valence-corrected chi connectivity index (χ4v) is 2.59. The number of anilines is 1. The molecular formula is C15H25N3. The molecule has 100 valence electrons. The third kappa shape index (κ3) is 3.22. The fraction of sp³-hybridized carbons (Fsp3) is 0.667. The van der Waals surface area contributed by atoms with Crippen molar-refractivity contribution >= 4 is 5.82 Å². The van der Waals surface area contributed by atoms with Crippen LogP contribution in [0, 0.1) is 0 Å². The summed E-state index contributed by atoms with van der Waals surface area (Å²) in [4.78, 5) is 7.06. The number of nitrogens with one attached hydrogen (secondary N) is 1. The minimum Gasteiger partial charge on any atom is -0.356 e. The van der Waals surface area contributed by atoms with Gasteiger partial charge in [-0.3, -0.25) is 0 Å². The van der Waals surface area contributed by atoms with E-state index in [1.165, 1.54) is 37.1 Å². The number of rotatable bonds is 5. The molecule has 1 N–H and O–H groups in total. The molecule has 0 saturated carbocycles. The van der Waals surface area contributed by atoms with Gasteiger partial charge in [0.15, 0.2) is 0 Å². The van der Waals surface area contributed by atoms with E-state index in [-0.39, 0.29) is 0 Å². The Labute approximate surface area is 111 Å². The number of piperidine rings is 1. The van der Waals surface area contributed by atoms with Gasteiger partial charge in [-0.25, -0.2) is 4.98 Å². The lowest BCUT2D eigenvalue weighted by Crippen LogP contribution is -2.32. The molecule has 3 heteroatoms. The van der Waals surface area contributed by atoms with E-state index in [0.717, 1.165) is 19.6 Å². The van der Waals surface area contributed by atoms with Crippen LogP contribution in [0.1, 0.15) is 51.1 Å². The molecule has 1 unspecified atom stereocenters. The highest BCUT2D eigenvalue weighted by Crippen LogP contribution is 2.26. The molecule has 1 aromatic heterocycles. The first-order valence-corrected chi connectivity index (χ1v) is 7.26. The Morgan fingerprint density at radius 2 is 2.11 bits per heavy atom. The SMILES string of the molecule is CCCNC(C)c1cccnc1N1CCCCC1. The Morgan fingerprint density at radius 3 is 2.83 bits per heavy atom. The van der Waals surface area contributed by atoms with Crippen molar-refractivity contribution in [1.29, 1.82) is 0 Å². The molecule has 18 heavy (non-hydrogen) atoms. The van der Waals surface area contributed by atoms with E-state index in [0.29, 0.717) is 6.04 Å². The number of aromatic nitrogens is 1. The first-order chi connectivity index (χ1) is 8.83. The van der Waals surface area contributed by atoms with Gasteiger partial charge in [-0.15, -0.1) is 0 Å². The maximum absolute atomic E-state index is 4.62. The van der Waals surface area contributed by atoms with Crippen LogP contribution >= 0.6 is 0 Å². The summed E-state index contributed by atoms with van der Waals surface area (Å²) in [6, 6.07) is 4.65. The van der Waals surface area contributed by atoms with Gasteiger partial charge in [-0.05, 0) is 45.2 Å². The molecule has 2 rings (SSSR count). The topological polar surface area (TPSA) is 28.2 Å². The lowest BCUT2D eigenvalue weighted by atomic mass is 10.1. The first-order valence-electron chi connectivity index (χ1n) is 7.26.